The van der Waals surface area contributed by atoms with Gasteiger partial charge < -0.3 is 11.1 Å². The first kappa shape index (κ1) is 14.9. The molecule has 3 rings (SSSR count). The molecule has 0 saturated heterocycles. The van der Waals surface area contributed by atoms with Crippen LogP contribution in [0.4, 0.5) is 4.39 Å². The van der Waals surface area contributed by atoms with Crippen molar-refractivity contribution >= 4 is 17.7 Å². The van der Waals surface area contributed by atoms with Crippen molar-refractivity contribution in [1.82, 2.24) is 5.32 Å². The molecule has 1 aromatic carbocycles. The second kappa shape index (κ2) is 5.97. The maximum absolute atomic E-state index is 13.0. The Morgan fingerprint density at radius 2 is 2.00 bits per heavy atom. The summed E-state index contributed by atoms with van der Waals surface area (Å²) in [5.41, 5.74) is 5.15. The van der Waals surface area contributed by atoms with Crippen molar-refractivity contribution in [3.05, 3.63) is 30.1 Å². The van der Waals surface area contributed by atoms with Crippen LogP contribution in [0.2, 0.25) is 0 Å². The first-order valence-corrected chi connectivity index (χ1v) is 8.45. The lowest BCUT2D eigenvalue weighted by Crippen LogP contribution is -2.59. The maximum atomic E-state index is 13.0. The van der Waals surface area contributed by atoms with Gasteiger partial charge in [-0.1, -0.05) is 0 Å². The molecule has 0 aromatic heterocycles. The Hall–Kier alpha value is -1.07. The van der Waals surface area contributed by atoms with Crippen molar-refractivity contribution in [1.29, 1.82) is 0 Å². The van der Waals surface area contributed by atoms with Crippen LogP contribution in [0.5, 0.6) is 0 Å². The van der Waals surface area contributed by atoms with Crippen molar-refractivity contribution in [3.63, 3.8) is 0 Å². The van der Waals surface area contributed by atoms with E-state index >= 15 is 0 Å². The summed E-state index contributed by atoms with van der Waals surface area (Å²) in [5, 5.41) is 3.83. The molecule has 3 N–H and O–H groups in total. The third kappa shape index (κ3) is 3.58. The first-order valence-electron chi connectivity index (χ1n) is 7.57. The second-order valence-electron chi connectivity index (χ2n) is 6.16. The van der Waals surface area contributed by atoms with E-state index < -0.39 is 5.54 Å². The molecule has 0 heterocycles. The molecule has 2 atom stereocenters. The normalized spacial score (nSPS) is 29.3. The number of primary amides is 1. The van der Waals surface area contributed by atoms with Crippen LogP contribution in [0.15, 0.2) is 29.2 Å². The zero-order valence-corrected chi connectivity index (χ0v) is 12.8. The fraction of sp³-hybridized carbons (Fsp3) is 0.562. The number of hydrogen-bond acceptors (Lipinski definition) is 3. The van der Waals surface area contributed by atoms with E-state index in [2.05, 4.69) is 5.32 Å². The largest absolute Gasteiger partial charge is 0.368 e. The van der Waals surface area contributed by atoms with E-state index in [0.29, 0.717) is 11.3 Å². The van der Waals surface area contributed by atoms with Gasteiger partial charge in [0.05, 0.1) is 5.54 Å². The summed E-state index contributed by atoms with van der Waals surface area (Å²) in [5.74, 6) is -0.441. The van der Waals surface area contributed by atoms with Crippen molar-refractivity contribution in [2.45, 2.75) is 60.3 Å². The van der Waals surface area contributed by atoms with E-state index in [0.717, 1.165) is 43.4 Å². The van der Waals surface area contributed by atoms with Crippen LogP contribution < -0.4 is 11.1 Å². The van der Waals surface area contributed by atoms with Crippen LogP contribution in [-0.4, -0.2) is 22.7 Å². The van der Waals surface area contributed by atoms with Gasteiger partial charge in [-0.15, -0.1) is 11.8 Å². The van der Waals surface area contributed by atoms with Gasteiger partial charge in [-0.25, -0.2) is 4.39 Å². The molecular weight excluding hydrogens is 287 g/mol. The minimum atomic E-state index is -0.545. The fourth-order valence-corrected chi connectivity index (χ4v) is 4.41. The van der Waals surface area contributed by atoms with Gasteiger partial charge in [0.25, 0.3) is 0 Å². The highest BCUT2D eigenvalue weighted by molar-refractivity contribution is 8.00. The molecule has 21 heavy (non-hydrogen) atoms. The van der Waals surface area contributed by atoms with Crippen molar-refractivity contribution in [2.75, 3.05) is 0 Å². The molecule has 0 bridgehead atoms. The number of hydrogen-bond donors (Lipinski definition) is 2. The van der Waals surface area contributed by atoms with Gasteiger partial charge >= 0.3 is 0 Å². The van der Waals surface area contributed by atoms with Gasteiger partial charge in [0.1, 0.15) is 5.82 Å². The highest BCUT2D eigenvalue weighted by Gasteiger charge is 2.44. The fourth-order valence-electron chi connectivity index (χ4n) is 3.07. The van der Waals surface area contributed by atoms with E-state index in [1.54, 1.807) is 23.9 Å². The number of nitrogens with one attached hydrogen (secondary N) is 1. The summed E-state index contributed by atoms with van der Waals surface area (Å²) in [6.45, 7) is 0. The Balaban J connectivity index is 1.68. The third-order valence-corrected chi connectivity index (χ3v) is 5.63. The van der Waals surface area contributed by atoms with Crippen LogP contribution in [-0.2, 0) is 4.79 Å². The topological polar surface area (TPSA) is 55.1 Å². The van der Waals surface area contributed by atoms with Crippen LogP contribution in [0.25, 0.3) is 0 Å². The highest BCUT2D eigenvalue weighted by atomic mass is 32.2. The summed E-state index contributed by atoms with van der Waals surface area (Å²) < 4.78 is 13.0. The molecule has 0 aliphatic heterocycles. The lowest BCUT2D eigenvalue weighted by atomic mass is 9.80. The Bertz CT molecular complexity index is 518. The number of carbonyl (C=O) groups is 1. The van der Waals surface area contributed by atoms with E-state index in [-0.39, 0.29) is 11.7 Å². The van der Waals surface area contributed by atoms with Gasteiger partial charge in [0, 0.05) is 16.2 Å². The van der Waals surface area contributed by atoms with Gasteiger partial charge in [0.15, 0.2) is 0 Å². The zero-order chi connectivity index (χ0) is 14.9. The van der Waals surface area contributed by atoms with E-state index in [1.807, 2.05) is 0 Å². The number of benzene rings is 1. The van der Waals surface area contributed by atoms with Crippen LogP contribution in [0.1, 0.15) is 38.5 Å². The molecule has 0 radical (unpaired) electrons. The summed E-state index contributed by atoms with van der Waals surface area (Å²) in [4.78, 5) is 13.0. The van der Waals surface area contributed by atoms with Gasteiger partial charge in [-0.2, -0.15) is 0 Å². The lowest BCUT2D eigenvalue weighted by molar-refractivity contribution is -0.125. The summed E-state index contributed by atoms with van der Waals surface area (Å²) in [7, 11) is 0. The Morgan fingerprint density at radius 3 is 2.62 bits per heavy atom. The molecule has 1 aromatic rings. The first-order chi connectivity index (χ1) is 10.1. The van der Waals surface area contributed by atoms with Gasteiger partial charge in [-0.3, -0.25) is 4.79 Å². The van der Waals surface area contributed by atoms with Crippen LogP contribution in [0.3, 0.4) is 0 Å². The molecule has 2 saturated carbocycles. The van der Waals surface area contributed by atoms with Crippen molar-refractivity contribution < 1.29 is 9.18 Å². The standard InChI is InChI=1S/C16H21FN2OS/c17-11-3-7-13(8-4-11)21-14-2-1-9-16(10-14,15(18)20)19-12-5-6-12/h3-4,7-8,12,14,19H,1-2,5-6,9-10H2,(H2,18,20). The molecule has 2 aliphatic carbocycles. The van der Waals surface area contributed by atoms with E-state index in [1.165, 1.54) is 12.1 Å². The summed E-state index contributed by atoms with van der Waals surface area (Å²) in [6.07, 6.45) is 5.96. The minimum absolute atomic E-state index is 0.218. The number of amides is 1. The number of carbonyl (C=O) groups excluding carboxylic acids is 1. The smallest absolute Gasteiger partial charge is 0.237 e. The van der Waals surface area contributed by atoms with Crippen LogP contribution >= 0.6 is 11.8 Å². The predicted octanol–water partition coefficient (Wildman–Crippen LogP) is 2.84. The number of nitrogens with two attached hydrogens (primary N) is 1. The number of rotatable bonds is 5. The Labute approximate surface area is 128 Å². The monoisotopic (exact) mass is 308 g/mol. The van der Waals surface area contributed by atoms with Gasteiger partial charge in [-0.05, 0) is 62.8 Å². The molecule has 1 amide bonds. The van der Waals surface area contributed by atoms with E-state index in [4.69, 9.17) is 5.73 Å². The predicted molar refractivity (Wildman–Crippen MR) is 82.6 cm³/mol. The molecule has 2 aliphatic rings. The summed E-state index contributed by atoms with van der Waals surface area (Å²) in [6, 6.07) is 7.03. The Kier molecular flexibility index (Phi) is 4.22. The molecular formula is C16H21FN2OS. The zero-order valence-electron chi connectivity index (χ0n) is 12.0. The average molecular weight is 308 g/mol. The molecule has 2 unspecified atom stereocenters. The molecule has 2 fully saturated rings. The molecule has 114 valence electrons. The minimum Gasteiger partial charge on any atom is -0.368 e. The van der Waals surface area contributed by atoms with Crippen LogP contribution in [0, 0.1) is 5.82 Å². The van der Waals surface area contributed by atoms with E-state index in [9.17, 15) is 9.18 Å². The van der Waals surface area contributed by atoms with Crippen molar-refractivity contribution in [3.8, 4) is 0 Å². The lowest BCUT2D eigenvalue weighted by Gasteiger charge is -2.39. The second-order valence-corrected chi connectivity index (χ2v) is 7.53. The summed E-state index contributed by atoms with van der Waals surface area (Å²) >= 11 is 1.73. The SMILES string of the molecule is NC(=O)C1(NC2CC2)CCCC(Sc2ccc(F)cc2)C1. The van der Waals surface area contributed by atoms with Crippen molar-refractivity contribution in [2.24, 2.45) is 5.73 Å². The molecule has 3 nitrogen and oxygen atoms in total. The molecule has 5 heteroatoms. The molecule has 0 spiro atoms. The quantitative estimate of drug-likeness (QED) is 0.879. The third-order valence-electron chi connectivity index (χ3n) is 4.35. The highest BCUT2D eigenvalue weighted by Crippen LogP contribution is 2.39. The maximum Gasteiger partial charge on any atom is 0.237 e. The average Bonchev–Trinajstić information content (AvgIpc) is 3.25. The van der Waals surface area contributed by atoms with Gasteiger partial charge in [0.2, 0.25) is 5.91 Å². The number of halogens is 1. The Morgan fingerprint density at radius 1 is 1.29 bits per heavy atom. The number of thioether (sulfide) groups is 1.